The van der Waals surface area contributed by atoms with E-state index < -0.39 is 0 Å². The van der Waals surface area contributed by atoms with Gasteiger partial charge in [0.05, 0.1) is 13.2 Å². The topological polar surface area (TPSA) is 71.9 Å². The Hall–Kier alpha value is -2.45. The molecule has 0 aliphatic heterocycles. The molecule has 3 aromatic rings. The van der Waals surface area contributed by atoms with Crippen LogP contribution >= 0.6 is 28.1 Å². The molecule has 6 nitrogen and oxygen atoms in total. The second kappa shape index (κ2) is 9.16. The van der Waals surface area contributed by atoms with Crippen molar-refractivity contribution in [2.75, 3.05) is 7.11 Å². The van der Waals surface area contributed by atoms with Crippen molar-refractivity contribution in [2.24, 2.45) is 0 Å². The first-order valence-corrected chi connectivity index (χ1v) is 10.0. The Balaban J connectivity index is 1.67. The van der Waals surface area contributed by atoms with E-state index in [1.165, 1.54) is 0 Å². The van der Waals surface area contributed by atoms with Crippen LogP contribution in [-0.2, 0) is 11.3 Å². The predicted molar refractivity (Wildman–Crippen MR) is 115 cm³/mol. The normalized spacial score (nSPS) is 11.8. The predicted octanol–water partition coefficient (Wildman–Crippen LogP) is 4.65. The smallest absolute Gasteiger partial charge is 0.222 e. The van der Waals surface area contributed by atoms with Gasteiger partial charge in [-0.05, 0) is 55.0 Å². The highest BCUT2D eigenvalue weighted by Gasteiger charge is 2.14. The fraction of sp³-hybridized carbons (Fsp3) is 0.250. The lowest BCUT2D eigenvalue weighted by atomic mass is 10.1. The molecule has 0 fully saturated rings. The highest BCUT2D eigenvalue weighted by molar-refractivity contribution is 9.10. The first-order chi connectivity index (χ1) is 13.5. The van der Waals surface area contributed by atoms with Crippen LogP contribution in [0.4, 0.5) is 0 Å². The molecular weight excluding hydrogens is 440 g/mol. The molecule has 3 rings (SSSR count). The molecule has 2 N–H and O–H groups in total. The molecule has 0 radical (unpaired) electrons. The minimum atomic E-state index is -0.0959. The lowest BCUT2D eigenvalue weighted by Gasteiger charge is -2.16. The molecule has 0 aliphatic rings. The third-order valence-corrected chi connectivity index (χ3v) is 5.45. The van der Waals surface area contributed by atoms with Crippen molar-refractivity contribution in [2.45, 2.75) is 25.9 Å². The standard InChI is InChI=1S/C20H21BrN4O2S/c1-13(16-5-3-4-6-17(16)21)22-18(26)11-12-25-19(23-24-20(25)28)14-7-9-15(27-2)10-8-14/h3-10,13H,11-12H2,1-2H3,(H,22,26)(H,24,28)/t13-/m1/s1. The number of aromatic nitrogens is 3. The van der Waals surface area contributed by atoms with Crippen LogP contribution in [0.25, 0.3) is 11.4 Å². The first-order valence-electron chi connectivity index (χ1n) is 8.83. The number of benzene rings is 2. The zero-order valence-electron chi connectivity index (χ0n) is 15.6. The number of H-pyrrole nitrogens is 1. The van der Waals surface area contributed by atoms with E-state index in [-0.39, 0.29) is 11.9 Å². The van der Waals surface area contributed by atoms with Gasteiger partial charge in [-0.2, -0.15) is 5.10 Å². The van der Waals surface area contributed by atoms with Gasteiger partial charge in [0.2, 0.25) is 5.91 Å². The summed E-state index contributed by atoms with van der Waals surface area (Å²) >= 11 is 8.86. The van der Waals surface area contributed by atoms with Crippen LogP contribution in [0, 0.1) is 4.77 Å². The Kier molecular flexibility index (Phi) is 6.64. The van der Waals surface area contributed by atoms with Crippen molar-refractivity contribution in [3.05, 3.63) is 63.3 Å². The summed E-state index contributed by atoms with van der Waals surface area (Å²) in [7, 11) is 1.62. The van der Waals surface area contributed by atoms with Crippen molar-refractivity contribution in [1.29, 1.82) is 0 Å². The molecule has 0 aliphatic carbocycles. The Morgan fingerprint density at radius 2 is 2.00 bits per heavy atom. The molecule has 0 saturated carbocycles. The summed E-state index contributed by atoms with van der Waals surface area (Å²) in [6.45, 7) is 2.40. The van der Waals surface area contributed by atoms with Gasteiger partial charge < -0.3 is 10.1 Å². The Morgan fingerprint density at radius 1 is 1.29 bits per heavy atom. The molecule has 2 aromatic carbocycles. The highest BCUT2D eigenvalue weighted by atomic mass is 79.9. The fourth-order valence-electron chi connectivity index (χ4n) is 2.92. The van der Waals surface area contributed by atoms with Gasteiger partial charge in [-0.1, -0.05) is 34.1 Å². The maximum absolute atomic E-state index is 12.5. The molecule has 1 aromatic heterocycles. The average molecular weight is 461 g/mol. The lowest BCUT2D eigenvalue weighted by Crippen LogP contribution is -2.27. The van der Waals surface area contributed by atoms with Crippen molar-refractivity contribution in [3.8, 4) is 17.1 Å². The first kappa shape index (κ1) is 20.3. The summed E-state index contributed by atoms with van der Waals surface area (Å²) in [4.78, 5) is 12.5. The van der Waals surface area contributed by atoms with E-state index in [4.69, 9.17) is 17.0 Å². The Bertz CT molecular complexity index is 1010. The van der Waals surface area contributed by atoms with E-state index in [1.807, 2.05) is 60.0 Å². The third kappa shape index (κ3) is 4.69. The van der Waals surface area contributed by atoms with Crippen molar-refractivity contribution >= 4 is 34.1 Å². The summed E-state index contributed by atoms with van der Waals surface area (Å²) in [6, 6.07) is 15.3. The fourth-order valence-corrected chi connectivity index (χ4v) is 3.77. The molecule has 1 heterocycles. The van der Waals surface area contributed by atoms with Crippen LogP contribution < -0.4 is 10.1 Å². The zero-order valence-corrected chi connectivity index (χ0v) is 18.0. The van der Waals surface area contributed by atoms with Crippen molar-refractivity contribution < 1.29 is 9.53 Å². The molecule has 0 bridgehead atoms. The molecule has 1 amide bonds. The third-order valence-electron chi connectivity index (χ3n) is 4.42. The molecular formula is C20H21BrN4O2S. The van der Waals surface area contributed by atoms with Gasteiger partial charge in [0.1, 0.15) is 5.75 Å². The second-order valence-corrected chi connectivity index (χ2v) is 7.53. The SMILES string of the molecule is COc1ccc(-c2n[nH]c(=S)n2CCC(=O)N[C@H](C)c2ccccc2Br)cc1. The lowest BCUT2D eigenvalue weighted by molar-refractivity contribution is -0.121. The number of methoxy groups -OCH3 is 1. The molecule has 0 spiro atoms. The number of aromatic amines is 1. The summed E-state index contributed by atoms with van der Waals surface area (Å²) < 4.78 is 8.48. The van der Waals surface area contributed by atoms with Gasteiger partial charge in [0, 0.05) is 23.0 Å². The number of halogens is 1. The van der Waals surface area contributed by atoms with E-state index in [1.54, 1.807) is 7.11 Å². The van der Waals surface area contributed by atoms with E-state index >= 15 is 0 Å². The van der Waals surface area contributed by atoms with Crippen LogP contribution in [0.2, 0.25) is 0 Å². The molecule has 0 unspecified atom stereocenters. The molecule has 0 saturated heterocycles. The minimum Gasteiger partial charge on any atom is -0.497 e. The summed E-state index contributed by atoms with van der Waals surface area (Å²) in [5.74, 6) is 1.41. The van der Waals surface area contributed by atoms with Crippen LogP contribution in [0.1, 0.15) is 24.9 Å². The number of carbonyl (C=O) groups is 1. The number of ether oxygens (including phenoxy) is 1. The highest BCUT2D eigenvalue weighted by Crippen LogP contribution is 2.23. The number of carbonyl (C=O) groups excluding carboxylic acids is 1. The van der Waals surface area contributed by atoms with Crippen molar-refractivity contribution in [1.82, 2.24) is 20.1 Å². The van der Waals surface area contributed by atoms with Crippen LogP contribution in [-0.4, -0.2) is 27.8 Å². The van der Waals surface area contributed by atoms with Crippen LogP contribution in [0.3, 0.4) is 0 Å². The second-order valence-electron chi connectivity index (χ2n) is 6.29. The summed E-state index contributed by atoms with van der Waals surface area (Å²) in [6.07, 6.45) is 0.297. The van der Waals surface area contributed by atoms with Gasteiger partial charge in [-0.15, -0.1) is 0 Å². The average Bonchev–Trinajstić information content (AvgIpc) is 3.07. The van der Waals surface area contributed by atoms with E-state index in [0.717, 1.165) is 21.3 Å². The van der Waals surface area contributed by atoms with Crippen LogP contribution in [0.15, 0.2) is 53.0 Å². The van der Waals surface area contributed by atoms with E-state index in [2.05, 4.69) is 31.4 Å². The number of amides is 1. The van der Waals surface area contributed by atoms with E-state index in [9.17, 15) is 4.79 Å². The molecule has 28 heavy (non-hydrogen) atoms. The largest absolute Gasteiger partial charge is 0.497 e. The molecule has 8 heteroatoms. The molecule has 1 atom stereocenters. The summed E-state index contributed by atoms with van der Waals surface area (Å²) in [5, 5.41) is 10.1. The quantitative estimate of drug-likeness (QED) is 0.503. The monoisotopic (exact) mass is 460 g/mol. The molecule has 146 valence electrons. The number of hydrogen-bond donors (Lipinski definition) is 2. The number of hydrogen-bond acceptors (Lipinski definition) is 4. The van der Waals surface area contributed by atoms with Gasteiger partial charge >= 0.3 is 0 Å². The van der Waals surface area contributed by atoms with Gasteiger partial charge in [0.25, 0.3) is 0 Å². The Labute approximate surface area is 177 Å². The summed E-state index contributed by atoms with van der Waals surface area (Å²) in [5.41, 5.74) is 1.94. The minimum absolute atomic E-state index is 0.0490. The number of rotatable bonds is 7. The number of nitrogens with zero attached hydrogens (tertiary/aromatic N) is 2. The van der Waals surface area contributed by atoms with E-state index in [0.29, 0.717) is 23.6 Å². The Morgan fingerprint density at radius 3 is 2.68 bits per heavy atom. The van der Waals surface area contributed by atoms with Crippen molar-refractivity contribution in [3.63, 3.8) is 0 Å². The zero-order chi connectivity index (χ0) is 20.1. The van der Waals surface area contributed by atoms with Gasteiger partial charge in [-0.3, -0.25) is 14.5 Å². The van der Waals surface area contributed by atoms with Gasteiger partial charge in [0.15, 0.2) is 10.6 Å². The number of nitrogens with one attached hydrogen (secondary N) is 2. The maximum atomic E-state index is 12.5. The maximum Gasteiger partial charge on any atom is 0.222 e. The van der Waals surface area contributed by atoms with Gasteiger partial charge in [-0.25, -0.2) is 0 Å². The van der Waals surface area contributed by atoms with Crippen LogP contribution in [0.5, 0.6) is 5.75 Å².